The van der Waals surface area contributed by atoms with Gasteiger partial charge in [-0.3, -0.25) is 9.98 Å². The SMILES string of the molecule is OC12CC3CC(C1)C(Nc1c(C4=NCCN4)cnc4c1C=CC4)C(C3)C2. The van der Waals surface area contributed by atoms with E-state index in [0.717, 1.165) is 61.8 Å². The summed E-state index contributed by atoms with van der Waals surface area (Å²) in [6, 6.07) is 0.466. The van der Waals surface area contributed by atoms with Crippen molar-refractivity contribution in [1.82, 2.24) is 10.3 Å². The molecule has 0 aromatic carbocycles. The molecule has 26 heavy (non-hydrogen) atoms. The van der Waals surface area contributed by atoms with Crippen LogP contribution in [0.1, 0.15) is 48.9 Å². The fourth-order valence-electron chi connectivity index (χ4n) is 6.49. The Bertz CT molecular complexity index is 814. The molecule has 2 heterocycles. The van der Waals surface area contributed by atoms with Crippen molar-refractivity contribution in [1.29, 1.82) is 0 Å². The van der Waals surface area contributed by atoms with Gasteiger partial charge in [0, 0.05) is 30.8 Å². The quantitative estimate of drug-likeness (QED) is 0.783. The van der Waals surface area contributed by atoms with Crippen LogP contribution in [0.15, 0.2) is 17.3 Å². The van der Waals surface area contributed by atoms with E-state index in [0.29, 0.717) is 17.9 Å². The Morgan fingerprint density at radius 2 is 2.04 bits per heavy atom. The summed E-state index contributed by atoms with van der Waals surface area (Å²) in [4.78, 5) is 9.35. The average Bonchev–Trinajstić information content (AvgIpc) is 3.27. The molecule has 1 aromatic heterocycles. The number of hydrogen-bond acceptors (Lipinski definition) is 5. The number of aromatic nitrogens is 1. The van der Waals surface area contributed by atoms with Crippen LogP contribution in [0.4, 0.5) is 5.69 Å². The highest BCUT2D eigenvalue weighted by Gasteiger charge is 2.54. The number of aliphatic imine (C=N–C) groups is 1. The predicted octanol–water partition coefficient (Wildman–Crippen LogP) is 2.35. The molecule has 6 aliphatic rings. The summed E-state index contributed by atoms with van der Waals surface area (Å²) in [6.45, 7) is 1.75. The lowest BCUT2D eigenvalue weighted by Gasteiger charge is -2.58. The van der Waals surface area contributed by atoms with Crippen LogP contribution in [0, 0.1) is 17.8 Å². The Morgan fingerprint density at radius 3 is 2.77 bits per heavy atom. The van der Waals surface area contributed by atoms with Crippen LogP contribution in [0.5, 0.6) is 0 Å². The molecule has 4 bridgehead atoms. The fraction of sp³-hybridized carbons (Fsp3) is 0.619. The molecule has 1 aliphatic heterocycles. The first kappa shape index (κ1) is 15.2. The van der Waals surface area contributed by atoms with Crippen molar-refractivity contribution >= 4 is 17.6 Å². The lowest BCUT2D eigenvalue weighted by Crippen LogP contribution is -2.59. The Morgan fingerprint density at radius 1 is 1.19 bits per heavy atom. The second-order valence-corrected chi connectivity index (χ2v) is 9.04. The molecule has 2 atom stereocenters. The number of pyridine rings is 1. The van der Waals surface area contributed by atoms with Crippen molar-refractivity contribution in [3.63, 3.8) is 0 Å². The number of nitrogens with one attached hydrogen (secondary N) is 2. The van der Waals surface area contributed by atoms with Gasteiger partial charge in [0.25, 0.3) is 0 Å². The maximum atomic E-state index is 10.9. The molecule has 5 heteroatoms. The zero-order valence-electron chi connectivity index (χ0n) is 15.0. The van der Waals surface area contributed by atoms with Gasteiger partial charge in [-0.05, 0) is 49.9 Å². The Balaban J connectivity index is 1.39. The highest BCUT2D eigenvalue weighted by molar-refractivity contribution is 6.05. The highest BCUT2D eigenvalue weighted by atomic mass is 16.3. The minimum atomic E-state index is -0.380. The normalized spacial score (nSPS) is 39.0. The number of allylic oxidation sites excluding steroid dienone is 1. The van der Waals surface area contributed by atoms with Crippen LogP contribution in [0.3, 0.4) is 0 Å². The summed E-state index contributed by atoms with van der Waals surface area (Å²) in [7, 11) is 0. The number of fused-ring (bicyclic) bond motifs is 1. The first-order valence-electron chi connectivity index (χ1n) is 10.1. The number of anilines is 1. The van der Waals surface area contributed by atoms with E-state index in [1.807, 2.05) is 6.20 Å². The molecule has 4 fully saturated rings. The maximum absolute atomic E-state index is 10.9. The monoisotopic (exact) mass is 350 g/mol. The van der Waals surface area contributed by atoms with Crippen molar-refractivity contribution in [2.24, 2.45) is 22.7 Å². The maximum Gasteiger partial charge on any atom is 0.132 e. The zero-order valence-corrected chi connectivity index (χ0v) is 15.0. The number of amidine groups is 1. The van der Waals surface area contributed by atoms with E-state index >= 15 is 0 Å². The summed E-state index contributed by atoms with van der Waals surface area (Å²) in [6.07, 6.45) is 12.8. The van der Waals surface area contributed by atoms with Gasteiger partial charge in [0.1, 0.15) is 5.84 Å². The van der Waals surface area contributed by atoms with Crippen molar-refractivity contribution in [3.05, 3.63) is 29.1 Å². The third kappa shape index (κ3) is 2.19. The van der Waals surface area contributed by atoms with Crippen LogP contribution in [-0.2, 0) is 6.42 Å². The fourth-order valence-corrected chi connectivity index (χ4v) is 6.49. The van der Waals surface area contributed by atoms with Crippen LogP contribution in [0.2, 0.25) is 0 Å². The lowest BCUT2D eigenvalue weighted by atomic mass is 9.52. The molecule has 5 nitrogen and oxygen atoms in total. The van der Waals surface area contributed by atoms with Gasteiger partial charge in [-0.1, -0.05) is 12.2 Å². The van der Waals surface area contributed by atoms with Crippen LogP contribution in [0.25, 0.3) is 6.08 Å². The summed E-state index contributed by atoms with van der Waals surface area (Å²) in [5, 5.41) is 18.3. The molecular formula is C21H26N4O. The van der Waals surface area contributed by atoms with E-state index < -0.39 is 0 Å². The minimum Gasteiger partial charge on any atom is -0.390 e. The molecule has 136 valence electrons. The van der Waals surface area contributed by atoms with Gasteiger partial charge in [0.2, 0.25) is 0 Å². The van der Waals surface area contributed by atoms with Crippen LogP contribution in [-0.4, -0.2) is 40.7 Å². The molecule has 0 saturated heterocycles. The second-order valence-electron chi connectivity index (χ2n) is 9.04. The lowest BCUT2D eigenvalue weighted by molar-refractivity contribution is -0.129. The molecular weight excluding hydrogens is 324 g/mol. The molecule has 0 radical (unpaired) electrons. The van der Waals surface area contributed by atoms with Crippen molar-refractivity contribution in [3.8, 4) is 0 Å². The van der Waals surface area contributed by atoms with Crippen LogP contribution >= 0.6 is 0 Å². The number of nitrogens with zero attached hydrogens (tertiary/aromatic N) is 2. The molecule has 0 spiro atoms. The molecule has 4 saturated carbocycles. The third-order valence-electron chi connectivity index (χ3n) is 7.28. The van der Waals surface area contributed by atoms with E-state index in [1.54, 1.807) is 0 Å². The van der Waals surface area contributed by atoms with Gasteiger partial charge in [-0.2, -0.15) is 0 Å². The van der Waals surface area contributed by atoms with Crippen molar-refractivity contribution < 1.29 is 5.11 Å². The number of hydrogen-bond donors (Lipinski definition) is 3. The van der Waals surface area contributed by atoms with Crippen molar-refractivity contribution in [2.75, 3.05) is 18.4 Å². The van der Waals surface area contributed by atoms with E-state index in [-0.39, 0.29) is 5.60 Å². The number of rotatable bonds is 3. The van der Waals surface area contributed by atoms with E-state index in [2.05, 4.69) is 27.8 Å². The standard InChI is InChI=1S/C21H26N4O/c26-21-8-12-6-13(9-21)18(14(7-12)10-21)25-19-15-2-1-3-17(15)24-11-16(19)20-22-4-5-23-20/h1-2,11-14,18,26H,3-10H2,(H,22,23)(H,24,25). The number of aliphatic hydroxyl groups is 1. The Kier molecular flexibility index (Phi) is 3.11. The minimum absolute atomic E-state index is 0.380. The third-order valence-corrected chi connectivity index (χ3v) is 7.28. The summed E-state index contributed by atoms with van der Waals surface area (Å²) in [5.74, 6) is 2.89. The molecule has 3 N–H and O–H groups in total. The van der Waals surface area contributed by atoms with E-state index in [4.69, 9.17) is 4.98 Å². The molecule has 2 unspecified atom stereocenters. The van der Waals surface area contributed by atoms with E-state index in [1.165, 1.54) is 24.1 Å². The smallest absolute Gasteiger partial charge is 0.132 e. The molecule has 5 aliphatic carbocycles. The largest absolute Gasteiger partial charge is 0.390 e. The molecule has 0 amide bonds. The van der Waals surface area contributed by atoms with Crippen molar-refractivity contribution in [2.45, 2.75) is 50.2 Å². The summed E-state index contributed by atoms with van der Waals surface area (Å²) in [5.41, 5.74) is 4.35. The highest BCUT2D eigenvalue weighted by Crippen LogP contribution is 2.56. The average molecular weight is 350 g/mol. The first-order valence-corrected chi connectivity index (χ1v) is 10.1. The van der Waals surface area contributed by atoms with Gasteiger partial charge < -0.3 is 15.7 Å². The van der Waals surface area contributed by atoms with Crippen LogP contribution < -0.4 is 10.6 Å². The van der Waals surface area contributed by atoms with Gasteiger partial charge in [-0.15, -0.1) is 0 Å². The van der Waals surface area contributed by atoms with Gasteiger partial charge in [0.05, 0.1) is 29.1 Å². The Hall–Kier alpha value is -1.88. The predicted molar refractivity (Wildman–Crippen MR) is 102 cm³/mol. The zero-order chi connectivity index (χ0) is 17.3. The topological polar surface area (TPSA) is 69.5 Å². The Labute approximate surface area is 154 Å². The first-order chi connectivity index (χ1) is 12.7. The van der Waals surface area contributed by atoms with Gasteiger partial charge in [-0.25, -0.2) is 0 Å². The second kappa shape index (κ2) is 5.32. The molecule has 1 aromatic rings. The molecule has 7 rings (SSSR count). The van der Waals surface area contributed by atoms with Gasteiger partial charge >= 0.3 is 0 Å². The summed E-state index contributed by atoms with van der Waals surface area (Å²) < 4.78 is 0. The van der Waals surface area contributed by atoms with Gasteiger partial charge in [0.15, 0.2) is 0 Å². The summed E-state index contributed by atoms with van der Waals surface area (Å²) >= 11 is 0. The van der Waals surface area contributed by atoms with E-state index in [9.17, 15) is 5.11 Å².